The Bertz CT molecular complexity index is 750. The molecule has 150 valence electrons. The third-order valence-electron chi connectivity index (χ3n) is 6.48. The van der Waals surface area contributed by atoms with Crippen molar-refractivity contribution in [2.24, 2.45) is 5.41 Å². The summed E-state index contributed by atoms with van der Waals surface area (Å²) in [5.74, 6) is 1.10. The van der Waals surface area contributed by atoms with Crippen LogP contribution < -0.4 is 4.74 Å². The van der Waals surface area contributed by atoms with Gasteiger partial charge in [-0.05, 0) is 73.9 Å². The summed E-state index contributed by atoms with van der Waals surface area (Å²) in [6, 6.07) is 17.7. The molecular formula is C25H33NO2. The highest BCUT2D eigenvalue weighted by molar-refractivity contribution is 5.40. The zero-order valence-electron chi connectivity index (χ0n) is 17.2. The third-order valence-corrected chi connectivity index (χ3v) is 6.48. The van der Waals surface area contributed by atoms with Crippen molar-refractivity contribution in [1.29, 1.82) is 0 Å². The molecule has 2 aromatic carbocycles. The van der Waals surface area contributed by atoms with Gasteiger partial charge in [0.25, 0.3) is 0 Å². The maximum atomic E-state index is 5.93. The van der Waals surface area contributed by atoms with Gasteiger partial charge in [-0.1, -0.05) is 42.5 Å². The van der Waals surface area contributed by atoms with Gasteiger partial charge >= 0.3 is 0 Å². The number of fused-ring (bicyclic) bond motifs is 1. The molecule has 0 spiro atoms. The van der Waals surface area contributed by atoms with Crippen LogP contribution in [0.1, 0.15) is 42.9 Å². The van der Waals surface area contributed by atoms with E-state index < -0.39 is 0 Å². The van der Waals surface area contributed by atoms with Crippen molar-refractivity contribution in [2.75, 3.05) is 32.9 Å². The average Bonchev–Trinajstić information content (AvgIpc) is 3.21. The lowest BCUT2D eigenvalue weighted by atomic mass is 9.74. The van der Waals surface area contributed by atoms with Crippen molar-refractivity contribution in [1.82, 2.24) is 4.90 Å². The fourth-order valence-corrected chi connectivity index (χ4v) is 4.59. The Kier molecular flexibility index (Phi) is 6.33. The number of likely N-dealkylation sites (tertiary alicyclic amines) is 1. The first-order valence-corrected chi connectivity index (χ1v) is 10.8. The second-order valence-electron chi connectivity index (χ2n) is 8.44. The summed E-state index contributed by atoms with van der Waals surface area (Å²) in [7, 11) is 0. The van der Waals surface area contributed by atoms with Gasteiger partial charge in [-0.25, -0.2) is 0 Å². The number of hydrogen-bond acceptors (Lipinski definition) is 3. The van der Waals surface area contributed by atoms with Crippen LogP contribution in [-0.2, 0) is 24.1 Å². The molecule has 1 fully saturated rings. The molecule has 0 amide bonds. The predicted molar refractivity (Wildman–Crippen MR) is 114 cm³/mol. The van der Waals surface area contributed by atoms with Crippen molar-refractivity contribution in [3.8, 4) is 5.75 Å². The van der Waals surface area contributed by atoms with Gasteiger partial charge in [-0.15, -0.1) is 0 Å². The van der Waals surface area contributed by atoms with Crippen LogP contribution >= 0.6 is 0 Å². The van der Waals surface area contributed by atoms with E-state index in [4.69, 9.17) is 9.47 Å². The van der Waals surface area contributed by atoms with Crippen molar-refractivity contribution in [2.45, 2.75) is 45.6 Å². The molecule has 0 aliphatic carbocycles. The summed E-state index contributed by atoms with van der Waals surface area (Å²) in [5.41, 5.74) is 4.50. The number of aryl methyl sites for hydroxylation is 1. The standard InChI is InChI=1S/C25H33NO2/c1-2-27-20-25(12-10-21-6-4-3-5-7-21)13-15-26(16-14-25)19-22-8-9-23-11-17-28-24(23)18-22/h3-9,18H,2,10-17,19-20H2,1H3. The van der Waals surface area contributed by atoms with Gasteiger partial charge in [0.05, 0.1) is 13.2 Å². The largest absolute Gasteiger partial charge is 0.493 e. The average molecular weight is 380 g/mol. The number of nitrogens with zero attached hydrogens (tertiary/aromatic N) is 1. The zero-order chi connectivity index (χ0) is 19.2. The summed E-state index contributed by atoms with van der Waals surface area (Å²) in [6.07, 6.45) is 5.87. The van der Waals surface area contributed by atoms with Gasteiger partial charge < -0.3 is 9.47 Å². The Balaban J connectivity index is 1.34. The minimum absolute atomic E-state index is 0.323. The third kappa shape index (κ3) is 4.76. The lowest BCUT2D eigenvalue weighted by Gasteiger charge is -2.42. The molecule has 0 atom stereocenters. The van der Waals surface area contributed by atoms with E-state index in [9.17, 15) is 0 Å². The van der Waals surface area contributed by atoms with Gasteiger partial charge in [0, 0.05) is 19.6 Å². The Labute approximate surface area is 169 Å². The van der Waals surface area contributed by atoms with E-state index in [1.165, 1.54) is 36.0 Å². The van der Waals surface area contributed by atoms with Crippen LogP contribution in [0.25, 0.3) is 0 Å². The molecule has 2 aromatic rings. The summed E-state index contributed by atoms with van der Waals surface area (Å²) < 4.78 is 11.7. The molecule has 1 saturated heterocycles. The van der Waals surface area contributed by atoms with Crippen LogP contribution in [0, 0.1) is 5.41 Å². The monoisotopic (exact) mass is 379 g/mol. The van der Waals surface area contributed by atoms with E-state index in [2.05, 4.69) is 60.4 Å². The minimum Gasteiger partial charge on any atom is -0.493 e. The van der Waals surface area contributed by atoms with Crippen molar-refractivity contribution in [3.63, 3.8) is 0 Å². The SMILES string of the molecule is CCOCC1(CCc2ccccc2)CCN(Cc2ccc3c(c2)OCC3)CC1. The second kappa shape index (κ2) is 9.11. The molecule has 2 aliphatic heterocycles. The van der Waals surface area contributed by atoms with Crippen molar-refractivity contribution < 1.29 is 9.47 Å². The normalized spacial score (nSPS) is 18.6. The van der Waals surface area contributed by atoms with Gasteiger partial charge in [0.15, 0.2) is 0 Å². The Morgan fingerprint density at radius 3 is 2.64 bits per heavy atom. The molecule has 3 nitrogen and oxygen atoms in total. The van der Waals surface area contributed by atoms with E-state index in [1.54, 1.807) is 0 Å². The Morgan fingerprint density at radius 1 is 1.04 bits per heavy atom. The van der Waals surface area contributed by atoms with Crippen molar-refractivity contribution in [3.05, 3.63) is 65.2 Å². The van der Waals surface area contributed by atoms with Crippen LogP contribution in [0.3, 0.4) is 0 Å². The molecule has 28 heavy (non-hydrogen) atoms. The maximum absolute atomic E-state index is 5.93. The molecule has 0 aromatic heterocycles. The number of benzene rings is 2. The molecule has 4 rings (SSSR count). The van der Waals surface area contributed by atoms with E-state index in [0.717, 1.165) is 58.0 Å². The molecule has 0 radical (unpaired) electrons. The van der Waals surface area contributed by atoms with Gasteiger partial charge in [0.1, 0.15) is 5.75 Å². The molecule has 2 heterocycles. The molecule has 0 N–H and O–H groups in total. The van der Waals surface area contributed by atoms with Gasteiger partial charge in [0.2, 0.25) is 0 Å². The smallest absolute Gasteiger partial charge is 0.122 e. The molecule has 2 aliphatic rings. The predicted octanol–water partition coefficient (Wildman–Crippen LogP) is 4.87. The summed E-state index contributed by atoms with van der Waals surface area (Å²) in [5, 5.41) is 0. The van der Waals surface area contributed by atoms with Gasteiger partial charge in [-0.3, -0.25) is 4.90 Å². The quantitative estimate of drug-likeness (QED) is 0.653. The number of rotatable bonds is 8. The zero-order valence-corrected chi connectivity index (χ0v) is 17.2. The van der Waals surface area contributed by atoms with Gasteiger partial charge in [-0.2, -0.15) is 0 Å². The summed E-state index contributed by atoms with van der Waals surface area (Å²) >= 11 is 0. The highest BCUT2D eigenvalue weighted by Gasteiger charge is 2.34. The first kappa shape index (κ1) is 19.5. The topological polar surface area (TPSA) is 21.7 Å². The molecular weight excluding hydrogens is 346 g/mol. The lowest BCUT2D eigenvalue weighted by Crippen LogP contribution is -2.42. The molecule has 3 heteroatoms. The van der Waals surface area contributed by atoms with Crippen LogP contribution in [0.15, 0.2) is 48.5 Å². The molecule has 0 unspecified atom stereocenters. The Hall–Kier alpha value is -1.84. The van der Waals surface area contributed by atoms with E-state index in [0.29, 0.717) is 5.41 Å². The first-order chi connectivity index (χ1) is 13.8. The van der Waals surface area contributed by atoms with E-state index in [1.807, 2.05) is 0 Å². The van der Waals surface area contributed by atoms with Crippen molar-refractivity contribution >= 4 is 0 Å². The highest BCUT2D eigenvalue weighted by atomic mass is 16.5. The van der Waals surface area contributed by atoms with E-state index >= 15 is 0 Å². The number of hydrogen-bond donors (Lipinski definition) is 0. The van der Waals surface area contributed by atoms with Crippen LogP contribution in [0.5, 0.6) is 5.75 Å². The van der Waals surface area contributed by atoms with E-state index in [-0.39, 0.29) is 0 Å². The molecule has 0 saturated carbocycles. The second-order valence-corrected chi connectivity index (χ2v) is 8.44. The maximum Gasteiger partial charge on any atom is 0.122 e. The van der Waals surface area contributed by atoms with Crippen LogP contribution in [0.4, 0.5) is 0 Å². The highest BCUT2D eigenvalue weighted by Crippen LogP contribution is 2.37. The number of piperidine rings is 1. The van der Waals surface area contributed by atoms with Crippen LogP contribution in [-0.4, -0.2) is 37.8 Å². The Morgan fingerprint density at radius 2 is 1.86 bits per heavy atom. The molecule has 0 bridgehead atoms. The lowest BCUT2D eigenvalue weighted by molar-refractivity contribution is -0.00232. The summed E-state index contributed by atoms with van der Waals surface area (Å²) in [6.45, 7) is 7.99. The fourth-order valence-electron chi connectivity index (χ4n) is 4.59. The minimum atomic E-state index is 0.323. The van der Waals surface area contributed by atoms with Crippen LogP contribution in [0.2, 0.25) is 0 Å². The number of ether oxygens (including phenoxy) is 2. The first-order valence-electron chi connectivity index (χ1n) is 10.8. The fraction of sp³-hybridized carbons (Fsp3) is 0.520. The summed E-state index contributed by atoms with van der Waals surface area (Å²) in [4.78, 5) is 2.60.